The zero-order chi connectivity index (χ0) is 34.2. The van der Waals surface area contributed by atoms with E-state index in [1.807, 2.05) is 0 Å². The van der Waals surface area contributed by atoms with E-state index in [9.17, 15) is 34.7 Å². The molecular formula is C36H31N3O9. The maximum absolute atomic E-state index is 14.5. The van der Waals surface area contributed by atoms with Gasteiger partial charge in [0, 0.05) is 41.3 Å². The van der Waals surface area contributed by atoms with Gasteiger partial charge in [0.2, 0.25) is 5.91 Å². The molecule has 2 aliphatic rings. The van der Waals surface area contributed by atoms with Crippen molar-refractivity contribution in [2.24, 2.45) is 5.92 Å². The molecule has 2 aliphatic heterocycles. The summed E-state index contributed by atoms with van der Waals surface area (Å²) in [5, 5.41) is 38.4. The molecule has 0 radical (unpaired) electrons. The first-order valence-electron chi connectivity index (χ1n) is 15.0. The number of nitrogens with zero attached hydrogens (tertiary/aromatic N) is 1. The number of phenolic OH excluding ortho intramolecular Hbond substituents is 2. The van der Waals surface area contributed by atoms with E-state index in [1.165, 1.54) is 62.8 Å². The first kappa shape index (κ1) is 32.0. The average molecular weight is 650 g/mol. The molecule has 12 heteroatoms. The van der Waals surface area contributed by atoms with Crippen molar-refractivity contribution in [3.05, 3.63) is 123 Å². The molecule has 4 aromatic carbocycles. The van der Waals surface area contributed by atoms with E-state index < -0.39 is 52.2 Å². The zero-order valence-electron chi connectivity index (χ0n) is 25.9. The molecule has 1 spiro atoms. The van der Waals surface area contributed by atoms with Crippen molar-refractivity contribution in [1.82, 2.24) is 5.32 Å². The zero-order valence-corrected chi connectivity index (χ0v) is 25.9. The van der Waals surface area contributed by atoms with Crippen molar-refractivity contribution in [1.29, 1.82) is 0 Å². The second kappa shape index (κ2) is 12.6. The number of nitro benzene ring substituents is 1. The van der Waals surface area contributed by atoms with Crippen LogP contribution < -0.4 is 20.1 Å². The Morgan fingerprint density at radius 2 is 1.60 bits per heavy atom. The summed E-state index contributed by atoms with van der Waals surface area (Å²) in [5.74, 6) is -3.47. The number of nitrogens with one attached hydrogen (secondary N) is 2. The van der Waals surface area contributed by atoms with Gasteiger partial charge >= 0.3 is 0 Å². The molecule has 1 saturated heterocycles. The molecule has 244 valence electrons. The Hall–Kier alpha value is -6.01. The Bertz CT molecular complexity index is 1980. The fraction of sp³-hybridized carbons (Fsp3) is 0.194. The molecule has 0 aromatic heterocycles. The number of ketones is 2. The summed E-state index contributed by atoms with van der Waals surface area (Å²) in [6, 6.07) is 21.3. The van der Waals surface area contributed by atoms with E-state index in [2.05, 4.69) is 10.6 Å². The van der Waals surface area contributed by atoms with Gasteiger partial charge in [0.15, 0.2) is 28.8 Å². The Morgan fingerprint density at radius 3 is 2.29 bits per heavy atom. The van der Waals surface area contributed by atoms with Gasteiger partial charge in [0.1, 0.15) is 11.3 Å². The van der Waals surface area contributed by atoms with E-state index in [1.54, 1.807) is 48.5 Å². The average Bonchev–Trinajstić information content (AvgIpc) is 3.59. The smallest absolute Gasteiger partial charge is 0.269 e. The Balaban J connectivity index is 1.48. The molecule has 2 heterocycles. The highest BCUT2D eigenvalue weighted by Crippen LogP contribution is 2.58. The standard InChI is InChI=1S/C36H31N3O9/c1-47-30-16-20(9-14-27(30)41)8-12-24(40)19-29(43)32-33(22-10-15-28(42)31(17-22)48-2)36(38-34(32)21-6-4-3-5-7-21)25-18-23(39(45)46)11-13-26(25)37-35(36)44/h3-18,32-34,38,41-42H,19H2,1-2H3,(H,37,44)/b12-8+. The third-order valence-corrected chi connectivity index (χ3v) is 8.92. The minimum absolute atomic E-state index is 0.0643. The maximum atomic E-state index is 14.5. The summed E-state index contributed by atoms with van der Waals surface area (Å²) < 4.78 is 10.5. The highest BCUT2D eigenvalue weighted by molar-refractivity contribution is 6.11. The van der Waals surface area contributed by atoms with Gasteiger partial charge < -0.3 is 25.0 Å². The second-order valence-electron chi connectivity index (χ2n) is 11.6. The van der Waals surface area contributed by atoms with Crippen molar-refractivity contribution >= 4 is 34.9 Å². The van der Waals surface area contributed by atoms with Gasteiger partial charge in [0.05, 0.1) is 25.6 Å². The molecule has 4 atom stereocenters. The number of fused-ring (bicyclic) bond motifs is 2. The first-order valence-corrected chi connectivity index (χ1v) is 15.0. The number of aromatic hydroxyl groups is 2. The van der Waals surface area contributed by atoms with Gasteiger partial charge in [-0.2, -0.15) is 0 Å². The fourth-order valence-electron chi connectivity index (χ4n) is 6.77. The number of ether oxygens (including phenoxy) is 2. The van der Waals surface area contributed by atoms with Crippen molar-refractivity contribution in [3.8, 4) is 23.0 Å². The largest absolute Gasteiger partial charge is 0.504 e. The molecule has 0 aliphatic carbocycles. The van der Waals surface area contributed by atoms with E-state index in [0.29, 0.717) is 22.4 Å². The molecule has 48 heavy (non-hydrogen) atoms. The van der Waals surface area contributed by atoms with E-state index in [4.69, 9.17) is 9.47 Å². The van der Waals surface area contributed by atoms with Crippen LogP contribution in [0.25, 0.3) is 6.08 Å². The molecule has 12 nitrogen and oxygen atoms in total. The molecule has 4 unspecified atom stereocenters. The number of carbonyl (C=O) groups excluding carboxylic acids is 3. The molecule has 6 rings (SSSR count). The number of allylic oxidation sites excluding steroid dienone is 1. The van der Waals surface area contributed by atoms with Gasteiger partial charge in [-0.15, -0.1) is 0 Å². The number of anilines is 1. The second-order valence-corrected chi connectivity index (χ2v) is 11.6. The van der Waals surface area contributed by atoms with Gasteiger partial charge in [-0.05, 0) is 53.1 Å². The minimum Gasteiger partial charge on any atom is -0.504 e. The summed E-state index contributed by atoms with van der Waals surface area (Å²) in [5.41, 5.74) is 0.345. The minimum atomic E-state index is -1.69. The number of rotatable bonds is 10. The Labute approximate surface area is 274 Å². The molecule has 0 bridgehead atoms. The van der Waals surface area contributed by atoms with Crippen LogP contribution in [0.2, 0.25) is 0 Å². The predicted molar refractivity (Wildman–Crippen MR) is 175 cm³/mol. The fourth-order valence-corrected chi connectivity index (χ4v) is 6.77. The lowest BCUT2D eigenvalue weighted by Crippen LogP contribution is -2.47. The summed E-state index contributed by atoms with van der Waals surface area (Å²) in [6.45, 7) is 0. The van der Waals surface area contributed by atoms with Gasteiger partial charge in [-0.3, -0.25) is 29.8 Å². The van der Waals surface area contributed by atoms with Crippen molar-refractivity contribution in [2.45, 2.75) is 23.9 Å². The number of nitro groups is 1. The van der Waals surface area contributed by atoms with Crippen LogP contribution in [0.4, 0.5) is 11.4 Å². The number of benzene rings is 4. The summed E-state index contributed by atoms with van der Waals surface area (Å²) in [4.78, 5) is 53.3. The van der Waals surface area contributed by atoms with Gasteiger partial charge in [-0.25, -0.2) is 0 Å². The van der Waals surface area contributed by atoms with Crippen LogP contribution in [0.5, 0.6) is 23.0 Å². The number of hydrogen-bond donors (Lipinski definition) is 4. The lowest BCUT2D eigenvalue weighted by atomic mass is 9.69. The summed E-state index contributed by atoms with van der Waals surface area (Å²) in [6.07, 6.45) is 2.24. The number of non-ortho nitro benzene ring substituents is 1. The van der Waals surface area contributed by atoms with Gasteiger partial charge in [-0.1, -0.05) is 48.5 Å². The third-order valence-electron chi connectivity index (χ3n) is 8.92. The molecular weight excluding hydrogens is 618 g/mol. The van der Waals surface area contributed by atoms with Crippen LogP contribution in [-0.4, -0.2) is 46.8 Å². The van der Waals surface area contributed by atoms with Crippen LogP contribution in [0, 0.1) is 16.0 Å². The third kappa shape index (κ3) is 5.52. The maximum Gasteiger partial charge on any atom is 0.269 e. The first-order chi connectivity index (χ1) is 23.1. The quantitative estimate of drug-likeness (QED) is 0.0777. The summed E-state index contributed by atoms with van der Waals surface area (Å²) >= 11 is 0. The van der Waals surface area contributed by atoms with Crippen LogP contribution in [-0.2, 0) is 19.9 Å². The SMILES string of the molecule is COc1cc(/C=C/C(=O)CC(=O)C2C(c3ccccc3)NC3(C(=O)Nc4ccc([N+](=O)[O-])cc43)C2c2ccc(O)c(OC)c2)ccc1O. The molecule has 4 aromatic rings. The van der Waals surface area contributed by atoms with Crippen molar-refractivity contribution < 1.29 is 39.0 Å². The number of hydrogen-bond acceptors (Lipinski definition) is 10. The normalized spacial score (nSPS) is 21.2. The lowest BCUT2D eigenvalue weighted by molar-refractivity contribution is -0.384. The number of phenols is 2. The van der Waals surface area contributed by atoms with Crippen LogP contribution >= 0.6 is 0 Å². The number of methoxy groups -OCH3 is 2. The highest BCUT2D eigenvalue weighted by Gasteiger charge is 2.64. The Morgan fingerprint density at radius 1 is 0.917 bits per heavy atom. The molecule has 4 N–H and O–H groups in total. The lowest BCUT2D eigenvalue weighted by Gasteiger charge is -2.32. The van der Waals surface area contributed by atoms with Crippen LogP contribution in [0.1, 0.15) is 40.6 Å². The molecule has 1 fully saturated rings. The number of carbonyl (C=O) groups is 3. The molecule has 0 saturated carbocycles. The number of amides is 1. The molecule has 1 amide bonds. The van der Waals surface area contributed by atoms with Crippen LogP contribution in [0.3, 0.4) is 0 Å². The monoisotopic (exact) mass is 649 g/mol. The van der Waals surface area contributed by atoms with E-state index in [-0.39, 0.29) is 34.2 Å². The highest BCUT2D eigenvalue weighted by atomic mass is 16.6. The predicted octanol–water partition coefficient (Wildman–Crippen LogP) is 5.16. The van der Waals surface area contributed by atoms with Crippen molar-refractivity contribution in [3.63, 3.8) is 0 Å². The summed E-state index contributed by atoms with van der Waals surface area (Å²) in [7, 11) is 2.77. The van der Waals surface area contributed by atoms with E-state index in [0.717, 1.165) is 0 Å². The van der Waals surface area contributed by atoms with Crippen LogP contribution in [0.15, 0.2) is 91.0 Å². The topological polar surface area (TPSA) is 177 Å². The van der Waals surface area contributed by atoms with E-state index >= 15 is 0 Å². The van der Waals surface area contributed by atoms with Gasteiger partial charge in [0.25, 0.3) is 5.69 Å². The van der Waals surface area contributed by atoms with Crippen molar-refractivity contribution in [2.75, 3.05) is 19.5 Å². The number of Topliss-reactive ketones (excluding diaryl/α,β-unsaturated/α-hetero) is 1. The Kier molecular flexibility index (Phi) is 8.42.